The highest BCUT2D eigenvalue weighted by Crippen LogP contribution is 2.36. The number of nitrogens with one attached hydrogen (secondary N) is 2. The van der Waals surface area contributed by atoms with E-state index in [9.17, 15) is 13.2 Å². The molecule has 2 aromatic rings. The molecule has 0 bridgehead atoms. The first-order chi connectivity index (χ1) is 11.6. The van der Waals surface area contributed by atoms with E-state index in [-0.39, 0.29) is 10.5 Å². The summed E-state index contributed by atoms with van der Waals surface area (Å²) in [4.78, 5) is 12.1. The molecule has 2 aromatic carbocycles. The Hall–Kier alpha value is -2.54. The molecule has 0 unspecified atom stereocenters. The molecule has 0 radical (unpaired) electrons. The second kappa shape index (κ2) is 6.07. The predicted octanol–water partition coefficient (Wildman–Crippen LogP) is 3.22. The van der Waals surface area contributed by atoms with Gasteiger partial charge in [-0.15, -0.1) is 0 Å². The van der Waals surface area contributed by atoms with Crippen molar-refractivity contribution in [2.75, 3.05) is 5.32 Å². The predicted molar refractivity (Wildman–Crippen MR) is 95.4 cm³/mol. The molecule has 0 aliphatic carbocycles. The Morgan fingerprint density at radius 3 is 2.48 bits per heavy atom. The summed E-state index contributed by atoms with van der Waals surface area (Å²) >= 11 is 0. The number of urea groups is 1. The zero-order valence-electron chi connectivity index (χ0n) is 14.3. The van der Waals surface area contributed by atoms with Gasteiger partial charge in [0.1, 0.15) is 11.4 Å². The van der Waals surface area contributed by atoms with Gasteiger partial charge in [0.05, 0.1) is 4.90 Å². The van der Waals surface area contributed by atoms with Crippen LogP contribution in [0.1, 0.15) is 25.0 Å². The fourth-order valence-corrected chi connectivity index (χ4v) is 3.63. The Morgan fingerprint density at radius 1 is 1.12 bits per heavy atom. The quantitative estimate of drug-likeness (QED) is 0.880. The largest absolute Gasteiger partial charge is 0.487 e. The number of rotatable bonds is 3. The molecule has 2 N–H and O–H groups in total. The van der Waals surface area contributed by atoms with Gasteiger partial charge in [0.15, 0.2) is 0 Å². The van der Waals surface area contributed by atoms with Crippen molar-refractivity contribution in [2.45, 2.75) is 37.7 Å². The van der Waals surface area contributed by atoms with Crippen molar-refractivity contribution < 1.29 is 17.9 Å². The molecule has 7 heteroatoms. The highest BCUT2D eigenvalue weighted by molar-refractivity contribution is 7.90. The third kappa shape index (κ3) is 3.93. The Labute approximate surface area is 147 Å². The van der Waals surface area contributed by atoms with Crippen LogP contribution in [0.25, 0.3) is 0 Å². The van der Waals surface area contributed by atoms with Crippen molar-refractivity contribution in [3.8, 4) is 5.75 Å². The second-order valence-corrected chi connectivity index (χ2v) is 8.42. The van der Waals surface area contributed by atoms with E-state index < -0.39 is 16.1 Å². The van der Waals surface area contributed by atoms with Crippen molar-refractivity contribution in [3.05, 3.63) is 53.6 Å². The van der Waals surface area contributed by atoms with E-state index in [1.54, 1.807) is 24.3 Å². The first kappa shape index (κ1) is 17.3. The Bertz CT molecular complexity index is 919. The van der Waals surface area contributed by atoms with E-state index in [1.165, 1.54) is 12.1 Å². The summed E-state index contributed by atoms with van der Waals surface area (Å²) < 4.78 is 32.3. The van der Waals surface area contributed by atoms with Gasteiger partial charge < -0.3 is 10.1 Å². The van der Waals surface area contributed by atoms with Gasteiger partial charge in [-0.3, -0.25) is 0 Å². The van der Waals surface area contributed by atoms with Crippen LogP contribution >= 0.6 is 0 Å². The maximum Gasteiger partial charge on any atom is 0.333 e. The number of carbonyl (C=O) groups is 1. The third-order valence-corrected chi connectivity index (χ3v) is 5.23. The number of carbonyl (C=O) groups excluding carboxylic acids is 1. The molecule has 0 aromatic heterocycles. The van der Waals surface area contributed by atoms with E-state index in [2.05, 4.69) is 5.32 Å². The Morgan fingerprint density at radius 2 is 1.80 bits per heavy atom. The minimum Gasteiger partial charge on any atom is -0.487 e. The van der Waals surface area contributed by atoms with E-state index in [1.807, 2.05) is 31.6 Å². The van der Waals surface area contributed by atoms with Crippen LogP contribution in [0.2, 0.25) is 0 Å². The molecule has 0 spiro atoms. The summed E-state index contributed by atoms with van der Waals surface area (Å²) in [6, 6.07) is 10.7. The van der Waals surface area contributed by atoms with Gasteiger partial charge in [-0.1, -0.05) is 23.8 Å². The van der Waals surface area contributed by atoms with Crippen molar-refractivity contribution in [1.82, 2.24) is 4.72 Å². The average molecular weight is 360 g/mol. The fraction of sp³-hybridized carbons (Fsp3) is 0.278. The van der Waals surface area contributed by atoms with Crippen LogP contribution in [-0.4, -0.2) is 20.0 Å². The number of sulfonamides is 1. The first-order valence-corrected chi connectivity index (χ1v) is 9.35. The molecule has 1 aliphatic rings. The molecule has 0 saturated carbocycles. The topological polar surface area (TPSA) is 84.5 Å². The van der Waals surface area contributed by atoms with Crippen molar-refractivity contribution >= 4 is 21.7 Å². The van der Waals surface area contributed by atoms with Crippen molar-refractivity contribution in [2.24, 2.45) is 0 Å². The number of hydrogen-bond donors (Lipinski definition) is 2. The molecule has 6 nitrogen and oxygen atoms in total. The molecule has 132 valence electrons. The fourth-order valence-electron chi connectivity index (χ4n) is 2.72. The number of ether oxygens (including phenoxy) is 1. The monoisotopic (exact) mass is 360 g/mol. The third-order valence-electron chi connectivity index (χ3n) is 3.89. The molecule has 3 rings (SSSR count). The van der Waals surface area contributed by atoms with Gasteiger partial charge >= 0.3 is 6.03 Å². The molecule has 25 heavy (non-hydrogen) atoms. The van der Waals surface area contributed by atoms with Crippen LogP contribution in [0.5, 0.6) is 5.75 Å². The van der Waals surface area contributed by atoms with Gasteiger partial charge in [0.2, 0.25) is 0 Å². The van der Waals surface area contributed by atoms with Gasteiger partial charge in [-0.2, -0.15) is 0 Å². The lowest BCUT2D eigenvalue weighted by Gasteiger charge is -2.17. The lowest BCUT2D eigenvalue weighted by Crippen LogP contribution is -2.34. The minimum absolute atomic E-state index is 0.0345. The molecule has 0 fully saturated rings. The summed E-state index contributed by atoms with van der Waals surface area (Å²) in [6.45, 7) is 5.83. The molecule has 1 heterocycles. The smallest absolute Gasteiger partial charge is 0.333 e. The highest BCUT2D eigenvalue weighted by Gasteiger charge is 2.30. The number of amides is 2. The van der Waals surface area contributed by atoms with Crippen LogP contribution < -0.4 is 14.8 Å². The van der Waals surface area contributed by atoms with Crippen LogP contribution in [0.15, 0.2) is 47.4 Å². The highest BCUT2D eigenvalue weighted by atomic mass is 32.2. The van der Waals surface area contributed by atoms with Gasteiger partial charge in [-0.05, 0) is 44.5 Å². The lowest BCUT2D eigenvalue weighted by atomic mass is 10.0. The standard InChI is InChI=1S/C18H20N2O4S/c1-12-4-8-15(9-5-12)25(22,23)20-17(21)19-14-7-6-13-11-18(2,3)24-16(13)10-14/h4-10H,11H2,1-3H3,(H2,19,20,21). The Balaban J connectivity index is 1.70. The number of aryl methyl sites for hydroxylation is 1. The van der Waals surface area contributed by atoms with Crippen LogP contribution in [-0.2, 0) is 16.4 Å². The molecule has 0 saturated heterocycles. The maximum atomic E-state index is 12.2. The van der Waals surface area contributed by atoms with Gasteiger partial charge in [0.25, 0.3) is 10.0 Å². The SMILES string of the molecule is Cc1ccc(S(=O)(=O)NC(=O)Nc2ccc3c(c2)OC(C)(C)C3)cc1. The summed E-state index contributed by atoms with van der Waals surface area (Å²) in [5, 5.41) is 2.53. The summed E-state index contributed by atoms with van der Waals surface area (Å²) in [6.07, 6.45) is 0.788. The average Bonchev–Trinajstić information content (AvgIpc) is 2.80. The van der Waals surface area contributed by atoms with Gasteiger partial charge in [-0.25, -0.2) is 17.9 Å². The number of benzene rings is 2. The molecule has 1 aliphatic heterocycles. The number of anilines is 1. The van der Waals surface area contributed by atoms with Gasteiger partial charge in [0, 0.05) is 18.2 Å². The maximum absolute atomic E-state index is 12.2. The molecular weight excluding hydrogens is 340 g/mol. The normalized spacial score (nSPS) is 15.2. The second-order valence-electron chi connectivity index (χ2n) is 6.73. The summed E-state index contributed by atoms with van der Waals surface area (Å²) in [5.41, 5.74) is 2.18. The molecule has 0 atom stereocenters. The molecular formula is C18H20N2O4S. The van der Waals surface area contributed by atoms with Crippen LogP contribution in [0.4, 0.5) is 10.5 Å². The van der Waals surface area contributed by atoms with Crippen molar-refractivity contribution in [1.29, 1.82) is 0 Å². The zero-order valence-corrected chi connectivity index (χ0v) is 15.1. The summed E-state index contributed by atoms with van der Waals surface area (Å²) in [5.74, 6) is 0.698. The van der Waals surface area contributed by atoms with E-state index in [0.717, 1.165) is 17.5 Å². The first-order valence-electron chi connectivity index (χ1n) is 7.87. The van der Waals surface area contributed by atoms with E-state index in [0.29, 0.717) is 11.4 Å². The molecule has 2 amide bonds. The van der Waals surface area contributed by atoms with Crippen LogP contribution in [0.3, 0.4) is 0 Å². The number of fused-ring (bicyclic) bond motifs is 1. The van der Waals surface area contributed by atoms with Crippen molar-refractivity contribution in [3.63, 3.8) is 0 Å². The Kier molecular flexibility index (Phi) is 4.20. The zero-order chi connectivity index (χ0) is 18.2. The van der Waals surface area contributed by atoms with E-state index in [4.69, 9.17) is 4.74 Å². The summed E-state index contributed by atoms with van der Waals surface area (Å²) in [7, 11) is -3.92. The van der Waals surface area contributed by atoms with Crippen LogP contribution in [0, 0.1) is 6.92 Å². The lowest BCUT2D eigenvalue weighted by molar-refractivity contribution is 0.138. The van der Waals surface area contributed by atoms with E-state index >= 15 is 0 Å². The minimum atomic E-state index is -3.92. The number of hydrogen-bond acceptors (Lipinski definition) is 4.